The number of halogens is 2. The first kappa shape index (κ1) is 21.9. The van der Waals surface area contributed by atoms with Gasteiger partial charge in [-0.1, -0.05) is 29.8 Å². The van der Waals surface area contributed by atoms with Crippen LogP contribution >= 0.6 is 24.0 Å². The SMILES string of the molecule is C[C@H]1CNCCN1C(=O)c1ccc(NCc2ccccc2Cl)c([N+](=O)[O-])c1.Cl. The highest BCUT2D eigenvalue weighted by Crippen LogP contribution is 2.28. The quantitative estimate of drug-likeness (QED) is 0.563. The van der Waals surface area contributed by atoms with Crippen molar-refractivity contribution in [3.05, 3.63) is 68.7 Å². The predicted octanol–water partition coefficient (Wildman–Crippen LogP) is 3.72. The molecule has 150 valence electrons. The molecule has 0 unspecified atom stereocenters. The number of nitrogens with zero attached hydrogens (tertiary/aromatic N) is 2. The van der Waals surface area contributed by atoms with Crippen molar-refractivity contribution in [3.8, 4) is 0 Å². The maximum Gasteiger partial charge on any atom is 0.293 e. The van der Waals surface area contributed by atoms with Crippen molar-refractivity contribution in [2.45, 2.75) is 19.5 Å². The molecule has 7 nitrogen and oxygen atoms in total. The Balaban J connectivity index is 0.00000280. The number of piperazine rings is 1. The molecule has 1 aliphatic rings. The van der Waals surface area contributed by atoms with E-state index in [4.69, 9.17) is 11.6 Å². The van der Waals surface area contributed by atoms with E-state index in [-0.39, 0.29) is 30.0 Å². The molecule has 0 aliphatic carbocycles. The lowest BCUT2D eigenvalue weighted by Crippen LogP contribution is -2.52. The van der Waals surface area contributed by atoms with Crippen molar-refractivity contribution in [1.29, 1.82) is 0 Å². The number of rotatable bonds is 5. The third-order valence-electron chi connectivity index (χ3n) is 4.63. The lowest BCUT2D eigenvalue weighted by atomic mass is 10.1. The molecule has 1 heterocycles. The normalized spacial score (nSPS) is 16.2. The van der Waals surface area contributed by atoms with Crippen LogP contribution in [0.3, 0.4) is 0 Å². The van der Waals surface area contributed by atoms with E-state index in [2.05, 4.69) is 10.6 Å². The fraction of sp³-hybridized carbons (Fsp3) is 0.316. The van der Waals surface area contributed by atoms with Gasteiger partial charge in [0, 0.05) is 48.9 Å². The summed E-state index contributed by atoms with van der Waals surface area (Å²) >= 11 is 6.13. The fourth-order valence-corrected chi connectivity index (χ4v) is 3.31. The number of hydrogen-bond donors (Lipinski definition) is 2. The van der Waals surface area contributed by atoms with Crippen molar-refractivity contribution in [3.63, 3.8) is 0 Å². The van der Waals surface area contributed by atoms with Crippen LogP contribution in [0.5, 0.6) is 0 Å². The molecule has 1 saturated heterocycles. The lowest BCUT2D eigenvalue weighted by Gasteiger charge is -2.34. The van der Waals surface area contributed by atoms with Crippen LogP contribution in [0.25, 0.3) is 0 Å². The zero-order valence-electron chi connectivity index (χ0n) is 15.4. The van der Waals surface area contributed by atoms with Crippen LogP contribution in [0, 0.1) is 10.1 Å². The van der Waals surface area contributed by atoms with Gasteiger partial charge < -0.3 is 15.5 Å². The average Bonchev–Trinajstić information content (AvgIpc) is 2.67. The van der Waals surface area contributed by atoms with E-state index in [1.807, 2.05) is 25.1 Å². The minimum absolute atomic E-state index is 0. The molecular formula is C19H22Cl2N4O3. The summed E-state index contributed by atoms with van der Waals surface area (Å²) in [5.74, 6) is -0.190. The van der Waals surface area contributed by atoms with Gasteiger partial charge in [0.25, 0.3) is 11.6 Å². The Morgan fingerprint density at radius 1 is 1.36 bits per heavy atom. The number of anilines is 1. The summed E-state index contributed by atoms with van der Waals surface area (Å²) in [6, 6.07) is 11.9. The van der Waals surface area contributed by atoms with E-state index in [9.17, 15) is 14.9 Å². The van der Waals surface area contributed by atoms with Crippen molar-refractivity contribution >= 4 is 41.3 Å². The maximum atomic E-state index is 12.8. The summed E-state index contributed by atoms with van der Waals surface area (Å²) in [5.41, 5.74) is 1.38. The van der Waals surface area contributed by atoms with Gasteiger partial charge in [-0.2, -0.15) is 0 Å². The van der Waals surface area contributed by atoms with E-state index >= 15 is 0 Å². The number of benzene rings is 2. The summed E-state index contributed by atoms with van der Waals surface area (Å²) in [7, 11) is 0. The van der Waals surface area contributed by atoms with Gasteiger partial charge in [0.05, 0.1) is 4.92 Å². The van der Waals surface area contributed by atoms with Crippen LogP contribution in [-0.4, -0.2) is 41.4 Å². The first-order chi connectivity index (χ1) is 13.0. The predicted molar refractivity (Wildman–Crippen MR) is 112 cm³/mol. The number of nitrogens with one attached hydrogen (secondary N) is 2. The summed E-state index contributed by atoms with van der Waals surface area (Å²) in [4.78, 5) is 25.5. The largest absolute Gasteiger partial charge is 0.375 e. The van der Waals surface area contributed by atoms with Gasteiger partial charge in [-0.15, -0.1) is 12.4 Å². The van der Waals surface area contributed by atoms with E-state index in [1.165, 1.54) is 6.07 Å². The molecule has 0 radical (unpaired) electrons. The van der Waals surface area contributed by atoms with Gasteiger partial charge in [0.2, 0.25) is 0 Å². The molecule has 3 rings (SSSR count). The highest BCUT2D eigenvalue weighted by atomic mass is 35.5. The minimum atomic E-state index is -0.479. The van der Waals surface area contributed by atoms with Crippen LogP contribution in [0.4, 0.5) is 11.4 Å². The van der Waals surface area contributed by atoms with Gasteiger partial charge >= 0.3 is 0 Å². The summed E-state index contributed by atoms with van der Waals surface area (Å²) in [5, 5.41) is 18.4. The van der Waals surface area contributed by atoms with Crippen LogP contribution < -0.4 is 10.6 Å². The van der Waals surface area contributed by atoms with E-state index < -0.39 is 4.92 Å². The molecule has 1 amide bonds. The standard InChI is InChI=1S/C19H21ClN4O3.ClH/c1-13-11-21-8-9-23(13)19(25)14-6-7-17(18(10-14)24(26)27)22-12-15-4-2-3-5-16(15)20;/h2-7,10,13,21-22H,8-9,11-12H2,1H3;1H/t13-;/m0./s1. The molecule has 1 aliphatic heterocycles. The van der Waals surface area contributed by atoms with Crippen LogP contribution in [0.1, 0.15) is 22.8 Å². The summed E-state index contributed by atoms with van der Waals surface area (Å²) in [6.45, 7) is 4.32. The molecular weight excluding hydrogens is 403 g/mol. The summed E-state index contributed by atoms with van der Waals surface area (Å²) < 4.78 is 0. The molecule has 0 spiro atoms. The van der Waals surface area contributed by atoms with Crippen LogP contribution in [-0.2, 0) is 6.54 Å². The van der Waals surface area contributed by atoms with Crippen LogP contribution in [0.15, 0.2) is 42.5 Å². The Bertz CT molecular complexity index is 863. The second kappa shape index (κ2) is 9.73. The first-order valence-electron chi connectivity index (χ1n) is 8.75. The molecule has 2 aromatic carbocycles. The van der Waals surface area contributed by atoms with Crippen molar-refractivity contribution < 1.29 is 9.72 Å². The molecule has 9 heteroatoms. The Kier molecular flexibility index (Phi) is 7.62. The second-order valence-electron chi connectivity index (χ2n) is 6.49. The third kappa shape index (κ3) is 4.92. The summed E-state index contributed by atoms with van der Waals surface area (Å²) in [6.07, 6.45) is 0. The van der Waals surface area contributed by atoms with E-state index in [1.54, 1.807) is 23.1 Å². The van der Waals surface area contributed by atoms with Gasteiger partial charge in [0.15, 0.2) is 0 Å². The monoisotopic (exact) mass is 424 g/mol. The average molecular weight is 425 g/mol. The van der Waals surface area contributed by atoms with Gasteiger partial charge in [-0.25, -0.2) is 0 Å². The Morgan fingerprint density at radius 2 is 2.11 bits per heavy atom. The zero-order valence-corrected chi connectivity index (χ0v) is 16.9. The maximum absolute atomic E-state index is 12.8. The molecule has 0 bridgehead atoms. The topological polar surface area (TPSA) is 87.5 Å². The molecule has 2 N–H and O–H groups in total. The first-order valence-corrected chi connectivity index (χ1v) is 9.12. The van der Waals surface area contributed by atoms with Gasteiger partial charge in [-0.3, -0.25) is 14.9 Å². The third-order valence-corrected chi connectivity index (χ3v) is 5.00. The van der Waals surface area contributed by atoms with Crippen molar-refractivity contribution in [2.75, 3.05) is 25.0 Å². The molecule has 1 fully saturated rings. The number of carbonyl (C=O) groups is 1. The molecule has 2 aromatic rings. The number of hydrogen-bond acceptors (Lipinski definition) is 5. The number of amides is 1. The number of nitro benzene ring substituents is 1. The molecule has 28 heavy (non-hydrogen) atoms. The number of carbonyl (C=O) groups excluding carboxylic acids is 1. The highest BCUT2D eigenvalue weighted by Gasteiger charge is 2.26. The smallest absolute Gasteiger partial charge is 0.293 e. The Hall–Kier alpha value is -2.35. The fourth-order valence-electron chi connectivity index (χ4n) is 3.11. The Labute approximate surface area is 174 Å². The molecule has 0 saturated carbocycles. The highest BCUT2D eigenvalue weighted by molar-refractivity contribution is 6.31. The van der Waals surface area contributed by atoms with E-state index in [0.29, 0.717) is 35.9 Å². The molecule has 1 atom stereocenters. The minimum Gasteiger partial charge on any atom is -0.375 e. The number of nitro groups is 1. The molecule has 0 aromatic heterocycles. The Morgan fingerprint density at radius 3 is 2.79 bits per heavy atom. The lowest BCUT2D eigenvalue weighted by molar-refractivity contribution is -0.384. The van der Waals surface area contributed by atoms with Crippen molar-refractivity contribution in [1.82, 2.24) is 10.2 Å². The van der Waals surface area contributed by atoms with Gasteiger partial charge in [-0.05, 0) is 30.7 Å². The van der Waals surface area contributed by atoms with Gasteiger partial charge in [0.1, 0.15) is 5.69 Å². The van der Waals surface area contributed by atoms with Crippen molar-refractivity contribution in [2.24, 2.45) is 0 Å². The van der Waals surface area contributed by atoms with Crippen LogP contribution in [0.2, 0.25) is 5.02 Å². The zero-order chi connectivity index (χ0) is 19.4. The van der Waals surface area contributed by atoms with E-state index in [0.717, 1.165) is 12.1 Å². The second-order valence-corrected chi connectivity index (χ2v) is 6.89.